The maximum Gasteiger partial charge on any atom is 0.411 e. The summed E-state index contributed by atoms with van der Waals surface area (Å²) in [5.41, 5.74) is -0.850. The lowest BCUT2D eigenvalue weighted by atomic mass is 9.72. The van der Waals surface area contributed by atoms with E-state index >= 15 is 0 Å². The first-order valence-electron chi connectivity index (χ1n) is 17.2. The van der Waals surface area contributed by atoms with E-state index in [1.54, 1.807) is 20.8 Å². The van der Waals surface area contributed by atoms with Crippen LogP contribution in [0.3, 0.4) is 0 Å². The Balaban J connectivity index is 0.000000821. The lowest BCUT2D eigenvalue weighted by Gasteiger charge is -2.55. The molecule has 0 aromatic rings. The van der Waals surface area contributed by atoms with E-state index in [-0.39, 0.29) is 23.8 Å². The molecule has 49 heavy (non-hydrogen) atoms. The number of likely N-dealkylation sites (tertiary alicyclic amines) is 2. The molecule has 0 aromatic heterocycles. The van der Waals surface area contributed by atoms with E-state index in [0.717, 1.165) is 10.9 Å². The number of alkyl halides is 1. The van der Waals surface area contributed by atoms with Crippen LogP contribution in [0.1, 0.15) is 131 Å². The molecule has 0 spiro atoms. The van der Waals surface area contributed by atoms with Crippen molar-refractivity contribution in [2.24, 2.45) is 11.8 Å². The number of allylic oxidation sites excluding steroid dienone is 3. The Labute approximate surface area is 305 Å². The number of esters is 2. The standard InChI is InChI=1S/C19H33NO4.C14H25NO4.C5H9Br/c1-13(2)10-11-19(15(21)23-17(4,5)6)14(3)12-20(19)16(22)24-18(7,8)9;1-9-8-15(12(17)19-14(5,6)7)10(9)11(16)18-13(2,3)4;1-5(2)3-4-6/h10,14H,11-12H2,1-9H3;9-10H,8H2,1-7H3;3H,4H2,1-2H3. The minimum absolute atomic E-state index is 0.00969. The highest BCUT2D eigenvalue weighted by atomic mass is 79.9. The molecule has 284 valence electrons. The van der Waals surface area contributed by atoms with Gasteiger partial charge in [-0.05, 0) is 111 Å². The molecule has 0 N–H and O–H groups in total. The molecule has 0 radical (unpaired) electrons. The first kappa shape index (κ1) is 46.4. The van der Waals surface area contributed by atoms with Crippen LogP contribution < -0.4 is 0 Å². The summed E-state index contributed by atoms with van der Waals surface area (Å²) < 4.78 is 21.7. The Morgan fingerprint density at radius 2 is 1.10 bits per heavy atom. The van der Waals surface area contributed by atoms with Gasteiger partial charge in [-0.2, -0.15) is 0 Å². The van der Waals surface area contributed by atoms with Gasteiger partial charge in [-0.1, -0.05) is 53.1 Å². The molecule has 0 saturated carbocycles. The van der Waals surface area contributed by atoms with E-state index in [4.69, 9.17) is 18.9 Å². The monoisotopic (exact) mass is 758 g/mol. The van der Waals surface area contributed by atoms with Crippen LogP contribution in [0.15, 0.2) is 23.3 Å². The zero-order chi connectivity index (χ0) is 38.9. The van der Waals surface area contributed by atoms with Crippen molar-refractivity contribution in [3.63, 3.8) is 0 Å². The molecule has 2 heterocycles. The van der Waals surface area contributed by atoms with Gasteiger partial charge in [0, 0.05) is 36.7 Å². The van der Waals surface area contributed by atoms with Crippen LogP contribution in [0.4, 0.5) is 9.59 Å². The maximum absolute atomic E-state index is 13.0. The minimum atomic E-state index is -0.993. The van der Waals surface area contributed by atoms with Gasteiger partial charge < -0.3 is 18.9 Å². The fraction of sp³-hybridized carbons (Fsp3) is 0.789. The van der Waals surface area contributed by atoms with Gasteiger partial charge in [0.1, 0.15) is 28.4 Å². The minimum Gasteiger partial charge on any atom is -0.458 e. The highest BCUT2D eigenvalue weighted by Gasteiger charge is 2.61. The Hall–Kier alpha value is -2.56. The van der Waals surface area contributed by atoms with Crippen molar-refractivity contribution >= 4 is 40.1 Å². The summed E-state index contributed by atoms with van der Waals surface area (Å²) in [6.45, 7) is 34.8. The fourth-order valence-corrected chi connectivity index (χ4v) is 5.45. The van der Waals surface area contributed by atoms with Crippen molar-refractivity contribution < 1.29 is 38.1 Å². The number of amides is 2. The number of rotatable bonds is 5. The second-order valence-corrected chi connectivity index (χ2v) is 18.1. The Bertz CT molecular complexity index is 1190. The molecule has 2 aliphatic heterocycles. The first-order valence-corrected chi connectivity index (χ1v) is 18.3. The van der Waals surface area contributed by atoms with Crippen LogP contribution in [-0.2, 0) is 28.5 Å². The van der Waals surface area contributed by atoms with Crippen LogP contribution in [0.5, 0.6) is 0 Å². The van der Waals surface area contributed by atoms with Gasteiger partial charge in [-0.3, -0.25) is 9.80 Å². The molecule has 4 atom stereocenters. The predicted octanol–water partition coefficient (Wildman–Crippen LogP) is 9.24. The maximum atomic E-state index is 13.0. The molecule has 0 aromatic carbocycles. The second-order valence-electron chi connectivity index (χ2n) is 17.4. The molecule has 11 heteroatoms. The summed E-state index contributed by atoms with van der Waals surface area (Å²) in [4.78, 5) is 52.5. The number of carbonyl (C=O) groups is 4. The van der Waals surface area contributed by atoms with Crippen LogP contribution in [0.25, 0.3) is 0 Å². The molecule has 0 aliphatic carbocycles. The lowest BCUT2D eigenvalue weighted by molar-refractivity contribution is -0.186. The van der Waals surface area contributed by atoms with Crippen molar-refractivity contribution in [3.05, 3.63) is 23.3 Å². The quantitative estimate of drug-likeness (QED) is 0.118. The molecule has 2 aliphatic rings. The summed E-state index contributed by atoms with van der Waals surface area (Å²) >= 11 is 3.27. The van der Waals surface area contributed by atoms with Crippen LogP contribution in [-0.4, -0.2) is 86.3 Å². The number of nitrogens with zero attached hydrogens (tertiary/aromatic N) is 2. The van der Waals surface area contributed by atoms with E-state index in [1.807, 2.05) is 96.1 Å². The topological polar surface area (TPSA) is 112 Å². The SMILES string of the molecule is CC(C)=CCBr.CC(C)=CCC1(C(=O)OC(C)(C)C)C(C)CN1C(=O)OC(C)(C)C.CC1CN(C(=O)OC(C)(C)C)C1C(=O)OC(C)(C)C. The highest BCUT2D eigenvalue weighted by molar-refractivity contribution is 9.09. The van der Waals surface area contributed by atoms with Crippen molar-refractivity contribution in [2.75, 3.05) is 18.4 Å². The number of hydrogen-bond acceptors (Lipinski definition) is 8. The lowest BCUT2D eigenvalue weighted by Crippen LogP contribution is -2.73. The number of halogens is 1. The Kier molecular flexibility index (Phi) is 17.1. The average molecular weight is 760 g/mol. The zero-order valence-corrected chi connectivity index (χ0v) is 35.3. The Morgan fingerprint density at radius 1 is 0.673 bits per heavy atom. The third-order valence-electron chi connectivity index (χ3n) is 7.06. The van der Waals surface area contributed by atoms with Crippen molar-refractivity contribution in [3.8, 4) is 0 Å². The van der Waals surface area contributed by atoms with Crippen molar-refractivity contribution in [2.45, 2.75) is 165 Å². The molecule has 2 fully saturated rings. The van der Waals surface area contributed by atoms with Gasteiger partial charge in [0.15, 0.2) is 5.54 Å². The smallest absolute Gasteiger partial charge is 0.411 e. The number of hydrogen-bond donors (Lipinski definition) is 0. The van der Waals surface area contributed by atoms with E-state index < -0.39 is 46.2 Å². The second kappa shape index (κ2) is 18.1. The number of carbonyl (C=O) groups excluding carboxylic acids is 4. The fourth-order valence-electron chi connectivity index (χ4n) is 4.81. The van der Waals surface area contributed by atoms with Crippen LogP contribution >= 0.6 is 15.9 Å². The van der Waals surface area contributed by atoms with E-state index in [2.05, 4.69) is 35.9 Å². The number of ether oxygens (including phenoxy) is 4. The molecule has 2 rings (SSSR count). The molecule has 2 saturated heterocycles. The van der Waals surface area contributed by atoms with E-state index in [0.29, 0.717) is 19.5 Å². The normalized spacial score (nSPS) is 21.9. The summed E-state index contributed by atoms with van der Waals surface area (Å²) in [5.74, 6) is -0.618. The van der Waals surface area contributed by atoms with Crippen molar-refractivity contribution in [1.29, 1.82) is 0 Å². The predicted molar refractivity (Wildman–Crippen MR) is 200 cm³/mol. The third kappa shape index (κ3) is 16.3. The molecule has 0 bridgehead atoms. The average Bonchev–Trinajstić information content (AvgIpc) is 2.81. The highest BCUT2D eigenvalue weighted by Crippen LogP contribution is 2.43. The van der Waals surface area contributed by atoms with Gasteiger partial charge >= 0.3 is 24.1 Å². The van der Waals surface area contributed by atoms with Crippen molar-refractivity contribution in [1.82, 2.24) is 9.80 Å². The summed E-state index contributed by atoms with van der Waals surface area (Å²) in [7, 11) is 0. The zero-order valence-electron chi connectivity index (χ0n) is 33.8. The van der Waals surface area contributed by atoms with Gasteiger partial charge in [0.2, 0.25) is 0 Å². The third-order valence-corrected chi connectivity index (χ3v) is 7.39. The van der Waals surface area contributed by atoms with E-state index in [9.17, 15) is 19.2 Å². The van der Waals surface area contributed by atoms with Gasteiger partial charge in [-0.25, -0.2) is 19.2 Å². The molecule has 4 unspecified atom stereocenters. The molecular formula is C38H67BrN2O8. The molecular weight excluding hydrogens is 692 g/mol. The Morgan fingerprint density at radius 3 is 1.43 bits per heavy atom. The van der Waals surface area contributed by atoms with Gasteiger partial charge in [0.05, 0.1) is 0 Å². The van der Waals surface area contributed by atoms with Gasteiger partial charge in [0.25, 0.3) is 0 Å². The largest absolute Gasteiger partial charge is 0.458 e. The summed E-state index contributed by atoms with van der Waals surface area (Å²) in [6, 6.07) is -0.533. The van der Waals surface area contributed by atoms with E-state index in [1.165, 1.54) is 15.4 Å². The molecule has 2 amide bonds. The summed E-state index contributed by atoms with van der Waals surface area (Å²) in [6.07, 6.45) is 3.62. The van der Waals surface area contributed by atoms with Crippen LogP contribution in [0.2, 0.25) is 0 Å². The molecule has 10 nitrogen and oxygen atoms in total. The summed E-state index contributed by atoms with van der Waals surface area (Å²) in [5, 5.41) is 0.981. The first-order chi connectivity index (χ1) is 21.9. The van der Waals surface area contributed by atoms with Crippen LogP contribution in [0, 0.1) is 11.8 Å². The van der Waals surface area contributed by atoms with Gasteiger partial charge in [-0.15, -0.1) is 0 Å².